The van der Waals surface area contributed by atoms with E-state index in [9.17, 15) is 4.79 Å². The van der Waals surface area contributed by atoms with Gasteiger partial charge in [0.25, 0.3) is 0 Å². The lowest BCUT2D eigenvalue weighted by Crippen LogP contribution is -2.30. The molecule has 3 aromatic rings. The van der Waals surface area contributed by atoms with Gasteiger partial charge in [-0.25, -0.2) is 0 Å². The monoisotopic (exact) mass is 373 g/mol. The van der Waals surface area contributed by atoms with Crippen molar-refractivity contribution in [1.29, 1.82) is 0 Å². The van der Waals surface area contributed by atoms with E-state index >= 15 is 0 Å². The van der Waals surface area contributed by atoms with Crippen LogP contribution in [0.4, 0.5) is 0 Å². The quantitative estimate of drug-likeness (QED) is 0.492. The van der Waals surface area contributed by atoms with Gasteiger partial charge in [0.1, 0.15) is 0 Å². The minimum absolute atomic E-state index is 0.0722. The third kappa shape index (κ3) is 3.78. The van der Waals surface area contributed by atoms with Gasteiger partial charge < -0.3 is 0 Å². The molecule has 3 aromatic carbocycles. The van der Waals surface area contributed by atoms with E-state index in [2.05, 4.69) is 28.4 Å². The van der Waals surface area contributed by atoms with Gasteiger partial charge in [-0.2, -0.15) is 5.10 Å². The van der Waals surface area contributed by atoms with Crippen LogP contribution in [0.15, 0.2) is 83.0 Å². The Balaban J connectivity index is 1.59. The Kier molecular flexibility index (Phi) is 5.03. The highest BCUT2D eigenvalue weighted by Gasteiger charge is 2.35. The number of hydrogen-bond acceptors (Lipinski definition) is 4. The van der Waals surface area contributed by atoms with Crippen molar-refractivity contribution < 1.29 is 4.79 Å². The van der Waals surface area contributed by atoms with Gasteiger partial charge >= 0.3 is 0 Å². The number of fused-ring (bicyclic) bond motifs is 1. The van der Waals surface area contributed by atoms with Crippen molar-refractivity contribution in [2.75, 3.05) is 0 Å². The van der Waals surface area contributed by atoms with Crippen molar-refractivity contribution in [3.8, 4) is 0 Å². The highest BCUT2D eigenvalue weighted by Crippen LogP contribution is 2.28. The Morgan fingerprint density at radius 3 is 2.59 bits per heavy atom. The molecule has 0 spiro atoms. The molecule has 4 nitrogen and oxygen atoms in total. The van der Waals surface area contributed by atoms with E-state index in [4.69, 9.17) is 0 Å². The van der Waals surface area contributed by atoms with Gasteiger partial charge in [0, 0.05) is 5.56 Å². The van der Waals surface area contributed by atoms with Crippen molar-refractivity contribution >= 4 is 39.8 Å². The van der Waals surface area contributed by atoms with Crippen LogP contribution < -0.4 is 0 Å². The smallest absolute Gasteiger partial charge is 0.242 e. The van der Waals surface area contributed by atoms with E-state index in [-0.39, 0.29) is 11.2 Å². The molecule has 4 rings (SSSR count). The Hall–Kier alpha value is -2.92. The van der Waals surface area contributed by atoms with Crippen molar-refractivity contribution in [1.82, 2.24) is 4.90 Å². The second-order valence-electron chi connectivity index (χ2n) is 6.37. The Morgan fingerprint density at radius 2 is 1.74 bits per heavy atom. The summed E-state index contributed by atoms with van der Waals surface area (Å²) in [5.74, 6) is 0.0722. The maximum Gasteiger partial charge on any atom is 0.242 e. The summed E-state index contributed by atoms with van der Waals surface area (Å²) in [5, 5.41) is 11.4. The molecule has 0 N–H and O–H groups in total. The van der Waals surface area contributed by atoms with Gasteiger partial charge in [0.05, 0.1) is 18.0 Å². The molecule has 5 heteroatoms. The summed E-state index contributed by atoms with van der Waals surface area (Å²) in [6.45, 7) is 2.42. The zero-order valence-corrected chi connectivity index (χ0v) is 15.8. The van der Waals surface area contributed by atoms with Crippen LogP contribution in [0.2, 0.25) is 0 Å². The molecule has 1 saturated heterocycles. The number of amides is 1. The normalized spacial score (nSPS) is 18.9. The van der Waals surface area contributed by atoms with Crippen molar-refractivity contribution in [3.05, 3.63) is 83.9 Å². The first-order valence-corrected chi connectivity index (χ1v) is 9.71. The van der Waals surface area contributed by atoms with Crippen LogP contribution in [0.3, 0.4) is 0 Å². The molecule has 0 aliphatic carbocycles. The highest BCUT2D eigenvalue weighted by molar-refractivity contribution is 8.15. The first-order chi connectivity index (χ1) is 13.2. The van der Waals surface area contributed by atoms with Gasteiger partial charge in [-0.1, -0.05) is 84.6 Å². The number of carbonyl (C=O) groups excluding carboxylic acids is 1. The van der Waals surface area contributed by atoms with Crippen molar-refractivity contribution in [2.45, 2.75) is 18.7 Å². The standard InChI is InChI=1S/C22H19N3OS/c1-16-21(26)25(15-17-8-3-2-4-9-17)22(27-16)24-23-14-19-12-7-11-18-10-5-6-13-20(18)19/h2-14,16H,15H2,1H3/b23-14-,24-22+/t16-/m0/s1. The SMILES string of the molecule is C[C@@H]1S/C(=N/N=C\c2cccc3ccccc23)N(Cc2ccccc2)C1=O. The van der Waals surface area contributed by atoms with Gasteiger partial charge in [-0.3, -0.25) is 9.69 Å². The van der Waals surface area contributed by atoms with Crippen LogP contribution in [0.5, 0.6) is 0 Å². The van der Waals surface area contributed by atoms with E-state index in [1.807, 2.05) is 61.5 Å². The number of hydrogen-bond donors (Lipinski definition) is 0. The summed E-state index contributed by atoms with van der Waals surface area (Å²) in [4.78, 5) is 14.2. The predicted octanol–water partition coefficient (Wildman–Crippen LogP) is 4.69. The molecule has 134 valence electrons. The predicted molar refractivity (Wildman–Crippen MR) is 113 cm³/mol. The average molecular weight is 373 g/mol. The fraction of sp³-hybridized carbons (Fsp3) is 0.136. The molecule has 1 atom stereocenters. The first-order valence-electron chi connectivity index (χ1n) is 8.83. The topological polar surface area (TPSA) is 45.0 Å². The zero-order valence-electron chi connectivity index (χ0n) is 14.9. The summed E-state index contributed by atoms with van der Waals surface area (Å²) in [7, 11) is 0. The average Bonchev–Trinajstić information content (AvgIpc) is 2.97. The molecule has 0 aromatic heterocycles. The number of thioether (sulfide) groups is 1. The first kappa shape index (κ1) is 17.5. The third-order valence-electron chi connectivity index (χ3n) is 4.47. The molecule has 0 unspecified atom stereocenters. The van der Waals surface area contributed by atoms with Gasteiger partial charge in [-0.05, 0) is 23.3 Å². The molecule has 1 aliphatic rings. The molecular formula is C22H19N3OS. The maximum absolute atomic E-state index is 12.5. The molecule has 1 fully saturated rings. The van der Waals surface area contributed by atoms with E-state index in [0.717, 1.165) is 16.5 Å². The second-order valence-corrected chi connectivity index (χ2v) is 7.67. The number of nitrogens with zero attached hydrogens (tertiary/aromatic N) is 3. The molecule has 1 aliphatic heterocycles. The number of amidine groups is 1. The minimum Gasteiger partial charge on any atom is -0.284 e. The zero-order chi connectivity index (χ0) is 18.6. The third-order valence-corrected chi connectivity index (χ3v) is 5.54. The number of rotatable bonds is 4. The molecule has 1 heterocycles. The lowest BCUT2D eigenvalue weighted by molar-refractivity contribution is -0.126. The Morgan fingerprint density at radius 1 is 1.00 bits per heavy atom. The Bertz CT molecular complexity index is 1020. The van der Waals surface area contributed by atoms with E-state index < -0.39 is 0 Å². The van der Waals surface area contributed by atoms with E-state index in [1.165, 1.54) is 17.1 Å². The van der Waals surface area contributed by atoms with E-state index in [0.29, 0.717) is 11.7 Å². The number of benzene rings is 3. The van der Waals surface area contributed by atoms with E-state index in [1.54, 1.807) is 11.1 Å². The lowest BCUT2D eigenvalue weighted by Gasteiger charge is -2.15. The summed E-state index contributed by atoms with van der Waals surface area (Å²) in [6, 6.07) is 24.2. The lowest BCUT2D eigenvalue weighted by atomic mass is 10.1. The van der Waals surface area contributed by atoms with Gasteiger partial charge in [-0.15, -0.1) is 5.10 Å². The van der Waals surface area contributed by atoms with Crippen LogP contribution >= 0.6 is 11.8 Å². The molecule has 1 amide bonds. The second kappa shape index (κ2) is 7.76. The summed E-state index contributed by atoms with van der Waals surface area (Å²) in [6.07, 6.45) is 1.75. The van der Waals surface area contributed by atoms with Crippen LogP contribution in [0.25, 0.3) is 10.8 Å². The summed E-state index contributed by atoms with van der Waals surface area (Å²) in [5.41, 5.74) is 2.08. The molecule has 0 bridgehead atoms. The van der Waals surface area contributed by atoms with Crippen LogP contribution in [0.1, 0.15) is 18.1 Å². The largest absolute Gasteiger partial charge is 0.284 e. The maximum atomic E-state index is 12.5. The summed E-state index contributed by atoms with van der Waals surface area (Å²) < 4.78 is 0. The van der Waals surface area contributed by atoms with Crippen molar-refractivity contribution in [2.24, 2.45) is 10.2 Å². The molecule has 0 saturated carbocycles. The molecule has 27 heavy (non-hydrogen) atoms. The molecular weight excluding hydrogens is 354 g/mol. The van der Waals surface area contributed by atoms with Gasteiger partial charge in [0.15, 0.2) is 5.17 Å². The Labute approximate surface area is 162 Å². The van der Waals surface area contributed by atoms with Crippen LogP contribution in [-0.2, 0) is 11.3 Å². The highest BCUT2D eigenvalue weighted by atomic mass is 32.2. The number of carbonyl (C=O) groups is 1. The van der Waals surface area contributed by atoms with Crippen molar-refractivity contribution in [3.63, 3.8) is 0 Å². The molecule has 0 radical (unpaired) electrons. The fourth-order valence-corrected chi connectivity index (χ4v) is 4.00. The van der Waals surface area contributed by atoms with Crippen LogP contribution in [-0.4, -0.2) is 27.4 Å². The minimum atomic E-state index is -0.139. The van der Waals surface area contributed by atoms with Crippen LogP contribution in [0, 0.1) is 0 Å². The fourth-order valence-electron chi connectivity index (χ4n) is 3.08. The van der Waals surface area contributed by atoms with Gasteiger partial charge in [0.2, 0.25) is 5.91 Å². The summed E-state index contributed by atoms with van der Waals surface area (Å²) >= 11 is 1.45.